The van der Waals surface area contributed by atoms with Crippen LogP contribution in [-0.2, 0) is 11.3 Å². The van der Waals surface area contributed by atoms with E-state index >= 15 is 0 Å². The van der Waals surface area contributed by atoms with Gasteiger partial charge in [0.25, 0.3) is 11.5 Å². The molecule has 3 N–H and O–H groups in total. The molecule has 0 spiro atoms. The van der Waals surface area contributed by atoms with Gasteiger partial charge in [-0.25, -0.2) is 4.79 Å². The highest BCUT2D eigenvalue weighted by molar-refractivity contribution is 7.17. The molecule has 0 fully saturated rings. The molecule has 12 nitrogen and oxygen atoms in total. The van der Waals surface area contributed by atoms with Gasteiger partial charge in [0, 0.05) is 26.2 Å². The number of thiophene rings is 1. The molecule has 2 aromatic rings. The van der Waals surface area contributed by atoms with E-state index in [-0.39, 0.29) is 46.3 Å². The first-order valence-electron chi connectivity index (χ1n) is 10.3. The van der Waals surface area contributed by atoms with E-state index in [2.05, 4.69) is 4.98 Å². The van der Waals surface area contributed by atoms with Crippen molar-refractivity contribution in [3.8, 4) is 0 Å². The lowest BCUT2D eigenvalue weighted by atomic mass is 10.2. The first kappa shape index (κ1) is 25.8. The summed E-state index contributed by atoms with van der Waals surface area (Å²) in [6.45, 7) is 7.40. The predicted molar refractivity (Wildman–Crippen MR) is 126 cm³/mol. The van der Waals surface area contributed by atoms with Crippen molar-refractivity contribution in [1.82, 2.24) is 14.5 Å². The molecule has 33 heavy (non-hydrogen) atoms. The maximum atomic E-state index is 13.2. The van der Waals surface area contributed by atoms with Crippen LogP contribution < -0.4 is 21.9 Å². The molecule has 180 valence electrons. The Bertz CT molecular complexity index is 1160. The van der Waals surface area contributed by atoms with Crippen molar-refractivity contribution >= 4 is 39.7 Å². The van der Waals surface area contributed by atoms with Crippen molar-refractivity contribution in [3.05, 3.63) is 48.0 Å². The van der Waals surface area contributed by atoms with Crippen molar-refractivity contribution in [3.63, 3.8) is 0 Å². The molecule has 0 saturated carbocycles. The Balaban J connectivity index is 2.39. The summed E-state index contributed by atoms with van der Waals surface area (Å²) < 4.78 is 1.21. The highest BCUT2D eigenvalue weighted by Gasteiger charge is 2.28. The second-order valence-corrected chi connectivity index (χ2v) is 9.51. The molecule has 0 aliphatic carbocycles. The van der Waals surface area contributed by atoms with E-state index in [1.807, 2.05) is 27.7 Å². The molecular formula is C20H28N6O6S. The molecule has 13 heteroatoms. The number of rotatable bonds is 9. The van der Waals surface area contributed by atoms with Crippen LogP contribution in [0.5, 0.6) is 0 Å². The maximum absolute atomic E-state index is 13.2. The number of nitrogen functional groups attached to an aromatic ring is 1. The van der Waals surface area contributed by atoms with Gasteiger partial charge in [-0.1, -0.05) is 39.0 Å². The number of hydrogen-bond donors (Lipinski definition) is 2. The van der Waals surface area contributed by atoms with Crippen LogP contribution in [0.25, 0.3) is 0 Å². The number of amides is 2. The van der Waals surface area contributed by atoms with Crippen molar-refractivity contribution in [2.75, 3.05) is 30.8 Å². The number of likely N-dealkylation sites (N-methyl/N-ethyl adjacent to an activating group) is 1. The zero-order valence-corrected chi connectivity index (χ0v) is 20.0. The van der Waals surface area contributed by atoms with Crippen molar-refractivity contribution in [1.29, 1.82) is 0 Å². The average Bonchev–Trinajstić information content (AvgIpc) is 3.19. The average molecular weight is 481 g/mol. The third-order valence-electron chi connectivity index (χ3n) is 4.58. The number of nitrogens with two attached hydrogens (primary N) is 1. The number of aromatic nitrogens is 2. The molecule has 0 aliphatic rings. The Hall–Kier alpha value is -3.48. The monoisotopic (exact) mass is 480 g/mol. The predicted octanol–water partition coefficient (Wildman–Crippen LogP) is 1.51. The van der Waals surface area contributed by atoms with Crippen LogP contribution in [0, 0.1) is 22.0 Å². The first-order chi connectivity index (χ1) is 15.3. The van der Waals surface area contributed by atoms with E-state index in [9.17, 15) is 29.3 Å². The van der Waals surface area contributed by atoms with Gasteiger partial charge >= 0.3 is 10.7 Å². The minimum Gasteiger partial charge on any atom is -0.383 e. The number of carbonyl (C=O) groups excluding carboxylic acids is 2. The van der Waals surface area contributed by atoms with Crippen LogP contribution in [0.15, 0.2) is 21.7 Å². The summed E-state index contributed by atoms with van der Waals surface area (Å²) in [5.41, 5.74) is 4.55. The van der Waals surface area contributed by atoms with E-state index < -0.39 is 34.5 Å². The van der Waals surface area contributed by atoms with Crippen molar-refractivity contribution in [2.45, 2.75) is 34.2 Å². The molecule has 0 aromatic carbocycles. The first-order valence-corrected chi connectivity index (χ1v) is 11.1. The summed E-state index contributed by atoms with van der Waals surface area (Å²) in [5.74, 6) is -1.29. The minimum absolute atomic E-state index is 0.0524. The zero-order chi connectivity index (χ0) is 25.0. The number of aromatic amines is 1. The summed E-state index contributed by atoms with van der Waals surface area (Å²) in [6.07, 6.45) is 0. The Morgan fingerprint density at radius 2 is 1.85 bits per heavy atom. The molecule has 2 rings (SSSR count). The van der Waals surface area contributed by atoms with Crippen molar-refractivity contribution in [2.24, 2.45) is 11.8 Å². The molecule has 0 aliphatic heterocycles. The van der Waals surface area contributed by atoms with E-state index in [1.54, 1.807) is 0 Å². The number of nitrogens with zero attached hydrogens (tertiary/aromatic N) is 4. The molecule has 0 atom stereocenters. The van der Waals surface area contributed by atoms with E-state index in [0.29, 0.717) is 11.3 Å². The minimum atomic E-state index is -0.797. The van der Waals surface area contributed by atoms with Crippen LogP contribution in [-0.4, -0.2) is 51.3 Å². The number of H-pyrrole nitrogens is 1. The highest BCUT2D eigenvalue weighted by Crippen LogP contribution is 2.25. The molecular weight excluding hydrogens is 452 g/mol. The van der Waals surface area contributed by atoms with E-state index in [0.717, 1.165) is 4.90 Å². The van der Waals surface area contributed by atoms with E-state index in [1.165, 1.54) is 28.6 Å². The molecule has 2 amide bonds. The fourth-order valence-corrected chi connectivity index (χ4v) is 3.97. The van der Waals surface area contributed by atoms with Crippen LogP contribution in [0.1, 0.15) is 37.4 Å². The Labute approximate surface area is 193 Å². The quantitative estimate of drug-likeness (QED) is 0.405. The number of anilines is 2. The van der Waals surface area contributed by atoms with Gasteiger partial charge in [-0.05, 0) is 17.9 Å². The molecule has 0 unspecified atom stereocenters. The largest absolute Gasteiger partial charge is 0.383 e. The maximum Gasteiger partial charge on any atom is 0.330 e. The van der Waals surface area contributed by atoms with Crippen LogP contribution in [0.2, 0.25) is 0 Å². The third kappa shape index (κ3) is 6.06. The van der Waals surface area contributed by atoms with E-state index in [4.69, 9.17) is 5.73 Å². The standard InChI is InChI=1S/C20H28N6O6S/c1-11(2)8-24(16-17(21)25(9-12(3)4)20(30)22-18(16)28)14(27)10-23(5)19(29)13-6-7-15(33-13)26(31)32/h6-7,11-12H,8-10,21H2,1-5H3,(H,22,28,30). The lowest BCUT2D eigenvalue weighted by Crippen LogP contribution is -2.47. The summed E-state index contributed by atoms with van der Waals surface area (Å²) in [5, 5.41) is 10.7. The third-order valence-corrected chi connectivity index (χ3v) is 5.61. The van der Waals surface area contributed by atoms with Gasteiger partial charge in [-0.15, -0.1) is 0 Å². The summed E-state index contributed by atoms with van der Waals surface area (Å²) >= 11 is 0.706. The second-order valence-electron chi connectivity index (χ2n) is 8.45. The van der Waals surface area contributed by atoms with Crippen LogP contribution in [0.4, 0.5) is 16.5 Å². The van der Waals surface area contributed by atoms with Crippen molar-refractivity contribution < 1.29 is 14.5 Å². The Morgan fingerprint density at radius 3 is 2.36 bits per heavy atom. The number of nitrogens with one attached hydrogen (secondary N) is 1. The highest BCUT2D eigenvalue weighted by atomic mass is 32.1. The van der Waals surface area contributed by atoms with Gasteiger partial charge in [-0.2, -0.15) is 0 Å². The molecule has 0 radical (unpaired) electrons. The van der Waals surface area contributed by atoms with Crippen LogP contribution >= 0.6 is 11.3 Å². The Morgan fingerprint density at radius 1 is 1.21 bits per heavy atom. The number of carbonyl (C=O) groups is 2. The topological polar surface area (TPSA) is 165 Å². The molecule has 0 bridgehead atoms. The summed E-state index contributed by atoms with van der Waals surface area (Å²) in [6, 6.07) is 2.54. The fraction of sp³-hybridized carbons (Fsp3) is 0.500. The SMILES string of the molecule is CC(C)CN(C(=O)CN(C)C(=O)c1ccc([N+](=O)[O-])s1)c1c(N)n(CC(C)C)c(=O)[nH]c1=O. The molecule has 2 aromatic heterocycles. The van der Waals surface area contributed by atoms with Gasteiger partial charge in [0.15, 0.2) is 5.69 Å². The summed E-state index contributed by atoms with van der Waals surface area (Å²) in [4.78, 5) is 65.6. The van der Waals surface area contributed by atoms with Gasteiger partial charge in [0.2, 0.25) is 5.91 Å². The zero-order valence-electron chi connectivity index (χ0n) is 19.2. The van der Waals surface area contributed by atoms with Gasteiger partial charge in [-0.3, -0.25) is 34.0 Å². The van der Waals surface area contributed by atoms with Crippen LogP contribution in [0.3, 0.4) is 0 Å². The summed E-state index contributed by atoms with van der Waals surface area (Å²) in [7, 11) is 1.38. The Kier molecular flexibility index (Phi) is 8.14. The normalized spacial score (nSPS) is 11.1. The van der Waals surface area contributed by atoms with Gasteiger partial charge in [0.05, 0.1) is 9.80 Å². The fourth-order valence-electron chi connectivity index (χ4n) is 3.16. The molecule has 2 heterocycles. The smallest absolute Gasteiger partial charge is 0.330 e. The lowest BCUT2D eigenvalue weighted by molar-refractivity contribution is -0.380. The van der Waals surface area contributed by atoms with Gasteiger partial charge < -0.3 is 15.5 Å². The number of hydrogen-bond acceptors (Lipinski definition) is 8. The number of nitro groups is 1. The second kappa shape index (κ2) is 10.4. The van der Waals surface area contributed by atoms with Gasteiger partial charge in [0.1, 0.15) is 12.4 Å². The lowest BCUT2D eigenvalue weighted by Gasteiger charge is -2.28. The molecule has 0 saturated heterocycles.